The summed E-state index contributed by atoms with van der Waals surface area (Å²) in [5.74, 6) is 0.279. The van der Waals surface area contributed by atoms with E-state index in [9.17, 15) is 9.59 Å². The number of carbonyl (C=O) groups is 1. The average molecular weight is 328 g/mol. The smallest absolute Gasteiger partial charge is 0.336 e. The van der Waals surface area contributed by atoms with Crippen LogP contribution in [0.2, 0.25) is 0 Å². The van der Waals surface area contributed by atoms with E-state index in [4.69, 9.17) is 13.9 Å². The van der Waals surface area contributed by atoms with E-state index in [-0.39, 0.29) is 5.97 Å². The van der Waals surface area contributed by atoms with Crippen LogP contribution in [0.3, 0.4) is 0 Å². The van der Waals surface area contributed by atoms with Crippen LogP contribution in [0.4, 0.5) is 0 Å². The van der Waals surface area contributed by atoms with Crippen LogP contribution in [0.1, 0.15) is 33.3 Å². The fraction of sp³-hybridized carbons (Fsp3) is 0.368. The van der Waals surface area contributed by atoms with Gasteiger partial charge in [-0.05, 0) is 45.9 Å². The van der Waals surface area contributed by atoms with Crippen molar-refractivity contribution in [2.45, 2.75) is 45.8 Å². The van der Waals surface area contributed by atoms with Gasteiger partial charge in [0.25, 0.3) is 0 Å². The first kappa shape index (κ1) is 16.3. The predicted octanol–water partition coefficient (Wildman–Crippen LogP) is 3.38. The van der Waals surface area contributed by atoms with Crippen molar-refractivity contribution >= 4 is 16.9 Å². The molecule has 1 atom stereocenters. The Labute approximate surface area is 139 Å². The molecular weight excluding hydrogens is 308 g/mol. The molecule has 1 aromatic heterocycles. The number of hydrogen-bond donors (Lipinski definition) is 0. The summed E-state index contributed by atoms with van der Waals surface area (Å²) >= 11 is 0. The van der Waals surface area contributed by atoms with Crippen molar-refractivity contribution in [3.63, 3.8) is 0 Å². The van der Waals surface area contributed by atoms with Crippen molar-refractivity contribution in [2.75, 3.05) is 0 Å². The van der Waals surface area contributed by atoms with Gasteiger partial charge >= 0.3 is 11.6 Å². The molecule has 126 valence electrons. The summed E-state index contributed by atoms with van der Waals surface area (Å²) in [6.07, 6.45) is 1.65. The van der Waals surface area contributed by atoms with Crippen molar-refractivity contribution in [3.8, 4) is 5.75 Å². The van der Waals surface area contributed by atoms with Crippen LogP contribution >= 0.6 is 0 Å². The van der Waals surface area contributed by atoms with E-state index in [0.29, 0.717) is 23.3 Å². The molecule has 0 bridgehead atoms. The van der Waals surface area contributed by atoms with Gasteiger partial charge in [-0.2, -0.15) is 0 Å². The zero-order valence-corrected chi connectivity index (χ0v) is 14.2. The molecule has 24 heavy (non-hydrogen) atoms. The summed E-state index contributed by atoms with van der Waals surface area (Å²) in [5.41, 5.74) is 0.680. The Morgan fingerprint density at radius 1 is 1.29 bits per heavy atom. The van der Waals surface area contributed by atoms with E-state index < -0.39 is 17.3 Å². The maximum Gasteiger partial charge on any atom is 0.336 e. The first-order valence-corrected chi connectivity index (χ1v) is 7.90. The standard InChI is InChI=1S/C19H20O5/c1-5-11(2)18(21)22-15-10-13-14(24-19(15,3)4)8-6-12-7-9-16(20)23-17(12)13/h5-9,15H,10H2,1-4H3/b11-5+. The third kappa shape index (κ3) is 2.82. The Balaban J connectivity index is 2.04. The van der Waals surface area contributed by atoms with Crippen molar-refractivity contribution in [2.24, 2.45) is 0 Å². The molecule has 0 fully saturated rings. The third-order valence-corrected chi connectivity index (χ3v) is 4.39. The Morgan fingerprint density at radius 3 is 2.71 bits per heavy atom. The van der Waals surface area contributed by atoms with Gasteiger partial charge < -0.3 is 13.9 Å². The third-order valence-electron chi connectivity index (χ3n) is 4.39. The molecule has 0 saturated heterocycles. The highest BCUT2D eigenvalue weighted by molar-refractivity contribution is 5.88. The van der Waals surface area contributed by atoms with E-state index in [1.807, 2.05) is 26.0 Å². The van der Waals surface area contributed by atoms with E-state index in [1.54, 1.807) is 26.0 Å². The number of carbonyl (C=O) groups excluding carboxylic acids is 1. The monoisotopic (exact) mass is 328 g/mol. The van der Waals surface area contributed by atoms with Crippen LogP contribution in [-0.4, -0.2) is 17.7 Å². The lowest BCUT2D eigenvalue weighted by molar-refractivity contribution is -0.156. The van der Waals surface area contributed by atoms with E-state index in [2.05, 4.69) is 0 Å². The van der Waals surface area contributed by atoms with Crippen LogP contribution in [0.25, 0.3) is 11.0 Å². The normalized spacial score (nSPS) is 19.5. The van der Waals surface area contributed by atoms with Crippen molar-refractivity contribution in [1.82, 2.24) is 0 Å². The molecule has 2 aromatic rings. The lowest BCUT2D eigenvalue weighted by Crippen LogP contribution is -2.49. The van der Waals surface area contributed by atoms with Crippen molar-refractivity contribution in [3.05, 3.63) is 51.9 Å². The van der Waals surface area contributed by atoms with Crippen molar-refractivity contribution in [1.29, 1.82) is 0 Å². The molecule has 5 nitrogen and oxygen atoms in total. The molecule has 1 unspecified atom stereocenters. The van der Waals surface area contributed by atoms with E-state index in [1.165, 1.54) is 6.07 Å². The second-order valence-electron chi connectivity index (χ2n) is 6.49. The maximum atomic E-state index is 12.1. The van der Waals surface area contributed by atoms with Crippen LogP contribution in [-0.2, 0) is 16.0 Å². The molecule has 0 saturated carbocycles. The molecule has 0 aliphatic carbocycles. The SMILES string of the molecule is C/C=C(\C)C(=O)OC1Cc2c(ccc3ccc(=O)oc23)OC1(C)C. The van der Waals surface area contributed by atoms with Crippen LogP contribution in [0, 0.1) is 0 Å². The number of allylic oxidation sites excluding steroid dienone is 1. The van der Waals surface area contributed by atoms with E-state index in [0.717, 1.165) is 10.9 Å². The molecule has 0 amide bonds. The minimum Gasteiger partial charge on any atom is -0.484 e. The largest absolute Gasteiger partial charge is 0.484 e. The molecule has 1 aliphatic rings. The van der Waals surface area contributed by atoms with E-state index >= 15 is 0 Å². The minimum atomic E-state index is -0.681. The summed E-state index contributed by atoms with van der Waals surface area (Å²) in [4.78, 5) is 23.7. The summed E-state index contributed by atoms with van der Waals surface area (Å²) in [5, 5.41) is 0.811. The van der Waals surface area contributed by atoms with Gasteiger partial charge in [0.2, 0.25) is 0 Å². The maximum absolute atomic E-state index is 12.1. The Morgan fingerprint density at radius 2 is 2.00 bits per heavy atom. The molecular formula is C19H20O5. The first-order chi connectivity index (χ1) is 11.3. The van der Waals surface area contributed by atoms with Crippen LogP contribution in [0.5, 0.6) is 5.75 Å². The predicted molar refractivity (Wildman–Crippen MR) is 90.2 cm³/mol. The zero-order chi connectivity index (χ0) is 17.5. The number of esters is 1. The molecule has 1 aliphatic heterocycles. The van der Waals surface area contributed by atoms with Gasteiger partial charge in [-0.3, -0.25) is 0 Å². The Kier molecular flexibility index (Phi) is 3.95. The van der Waals surface area contributed by atoms with Gasteiger partial charge in [0, 0.05) is 29.0 Å². The van der Waals surface area contributed by atoms with Gasteiger partial charge in [-0.15, -0.1) is 0 Å². The molecule has 5 heteroatoms. The van der Waals surface area contributed by atoms with Crippen molar-refractivity contribution < 1.29 is 18.7 Å². The van der Waals surface area contributed by atoms with Crippen LogP contribution in [0.15, 0.2) is 45.1 Å². The number of fused-ring (bicyclic) bond motifs is 3. The molecule has 0 spiro atoms. The molecule has 0 N–H and O–H groups in total. The summed E-state index contributed by atoms with van der Waals surface area (Å²) in [7, 11) is 0. The van der Waals surface area contributed by atoms with Gasteiger partial charge in [0.05, 0.1) is 0 Å². The van der Waals surface area contributed by atoms with Crippen LogP contribution < -0.4 is 10.4 Å². The fourth-order valence-electron chi connectivity index (χ4n) is 2.76. The number of ether oxygens (including phenoxy) is 2. The quantitative estimate of drug-likeness (QED) is 0.480. The summed E-state index contributed by atoms with van der Waals surface area (Å²) < 4.78 is 17.0. The molecule has 1 aromatic carbocycles. The topological polar surface area (TPSA) is 65.7 Å². The van der Waals surface area contributed by atoms with Gasteiger partial charge in [-0.25, -0.2) is 9.59 Å². The zero-order valence-electron chi connectivity index (χ0n) is 14.2. The Hall–Kier alpha value is -2.56. The first-order valence-electron chi connectivity index (χ1n) is 7.90. The second kappa shape index (κ2) is 5.82. The number of hydrogen-bond acceptors (Lipinski definition) is 5. The lowest BCUT2D eigenvalue weighted by atomic mass is 9.90. The van der Waals surface area contributed by atoms with Gasteiger partial charge in [0.15, 0.2) is 0 Å². The van der Waals surface area contributed by atoms with Gasteiger partial charge in [0.1, 0.15) is 23.0 Å². The molecule has 2 heterocycles. The highest BCUT2D eigenvalue weighted by Crippen LogP contribution is 2.38. The van der Waals surface area contributed by atoms with Gasteiger partial charge in [-0.1, -0.05) is 6.08 Å². The number of benzene rings is 1. The molecule has 3 rings (SSSR count). The molecule has 0 radical (unpaired) electrons. The summed E-state index contributed by atoms with van der Waals surface area (Å²) in [6, 6.07) is 6.81. The fourth-order valence-corrected chi connectivity index (χ4v) is 2.76. The second-order valence-corrected chi connectivity index (χ2v) is 6.49. The average Bonchev–Trinajstić information content (AvgIpc) is 2.54. The number of rotatable bonds is 2. The lowest BCUT2D eigenvalue weighted by Gasteiger charge is -2.39. The highest BCUT2D eigenvalue weighted by atomic mass is 16.6. The summed E-state index contributed by atoms with van der Waals surface area (Å²) in [6.45, 7) is 7.26. The highest BCUT2D eigenvalue weighted by Gasteiger charge is 2.41. The minimum absolute atomic E-state index is 0.371. The Bertz CT molecular complexity index is 888.